The van der Waals surface area contributed by atoms with Crippen molar-refractivity contribution in [2.75, 3.05) is 5.32 Å². The Morgan fingerprint density at radius 1 is 1.00 bits per heavy atom. The number of hydrogen-bond acceptors (Lipinski definition) is 2. The van der Waals surface area contributed by atoms with Gasteiger partial charge in [-0.05, 0) is 50.6 Å². The van der Waals surface area contributed by atoms with E-state index in [1.54, 1.807) is 6.07 Å². The number of halogens is 2. The minimum absolute atomic E-state index is 0.0479. The molecular weight excluding hydrogens is 305 g/mol. The molecule has 2 nitrogen and oxygen atoms in total. The molecule has 1 unspecified atom stereocenters. The third-order valence-electron chi connectivity index (χ3n) is 3.05. The number of ether oxygens (including phenoxy) is 1. The topological polar surface area (TPSA) is 21.3 Å². The summed E-state index contributed by atoms with van der Waals surface area (Å²) < 4.78 is 5.81. The third-order valence-corrected chi connectivity index (χ3v) is 3.61. The fraction of sp³-hybridized carbons (Fsp3) is 0.294. The summed E-state index contributed by atoms with van der Waals surface area (Å²) in [6.45, 7) is 6.08. The first-order chi connectivity index (χ1) is 9.97. The van der Waals surface area contributed by atoms with E-state index < -0.39 is 0 Å². The Kier molecular flexibility index (Phi) is 5.38. The monoisotopic (exact) mass is 323 g/mol. The Labute approximate surface area is 136 Å². The summed E-state index contributed by atoms with van der Waals surface area (Å²) in [5.74, 6) is 0.837. The van der Waals surface area contributed by atoms with E-state index in [-0.39, 0.29) is 12.1 Å². The van der Waals surface area contributed by atoms with Crippen molar-refractivity contribution >= 4 is 28.9 Å². The molecular formula is C17H19Cl2NO. The SMILES string of the molecule is CC(C)Oc1ccccc1NC(C)c1ccc(Cl)cc1Cl. The van der Waals surface area contributed by atoms with Gasteiger partial charge in [0.1, 0.15) is 5.75 Å². The van der Waals surface area contributed by atoms with Gasteiger partial charge in [-0.3, -0.25) is 0 Å². The standard InChI is InChI=1S/C17H19Cl2NO/c1-11(2)21-17-7-5-4-6-16(17)20-12(3)14-9-8-13(18)10-15(14)19/h4-12,20H,1-3H3. The van der Waals surface area contributed by atoms with Gasteiger partial charge in [-0.2, -0.15) is 0 Å². The summed E-state index contributed by atoms with van der Waals surface area (Å²) in [5, 5.41) is 4.74. The molecule has 0 aliphatic heterocycles. The van der Waals surface area contributed by atoms with Crippen LogP contribution in [0.5, 0.6) is 5.75 Å². The van der Waals surface area contributed by atoms with Gasteiger partial charge in [0, 0.05) is 10.0 Å². The quantitative estimate of drug-likeness (QED) is 0.733. The van der Waals surface area contributed by atoms with Gasteiger partial charge < -0.3 is 10.1 Å². The van der Waals surface area contributed by atoms with Crippen LogP contribution in [-0.4, -0.2) is 6.10 Å². The Hall–Kier alpha value is -1.38. The van der Waals surface area contributed by atoms with Crippen molar-refractivity contribution < 1.29 is 4.74 Å². The Balaban J connectivity index is 2.21. The number of hydrogen-bond donors (Lipinski definition) is 1. The van der Waals surface area contributed by atoms with E-state index >= 15 is 0 Å². The first kappa shape index (κ1) is 16.0. The van der Waals surface area contributed by atoms with Crippen LogP contribution in [0.2, 0.25) is 10.0 Å². The van der Waals surface area contributed by atoms with E-state index in [0.717, 1.165) is 17.0 Å². The van der Waals surface area contributed by atoms with Crippen molar-refractivity contribution in [3.05, 3.63) is 58.1 Å². The summed E-state index contributed by atoms with van der Waals surface area (Å²) in [6.07, 6.45) is 0.127. The van der Waals surface area contributed by atoms with Gasteiger partial charge in [0.2, 0.25) is 0 Å². The second-order valence-corrected chi connectivity index (χ2v) is 6.04. The summed E-state index contributed by atoms with van der Waals surface area (Å²) in [7, 11) is 0. The molecule has 2 rings (SSSR count). The van der Waals surface area contributed by atoms with Crippen molar-refractivity contribution in [1.82, 2.24) is 0 Å². The van der Waals surface area contributed by atoms with E-state index in [1.807, 2.05) is 50.2 Å². The highest BCUT2D eigenvalue weighted by Gasteiger charge is 2.12. The van der Waals surface area contributed by atoms with Gasteiger partial charge in [0.15, 0.2) is 0 Å². The molecule has 0 aliphatic rings. The van der Waals surface area contributed by atoms with Crippen molar-refractivity contribution in [3.63, 3.8) is 0 Å². The maximum Gasteiger partial charge on any atom is 0.142 e. The molecule has 0 saturated heterocycles. The first-order valence-electron chi connectivity index (χ1n) is 6.94. The molecule has 0 spiro atoms. The molecule has 0 fully saturated rings. The van der Waals surface area contributed by atoms with Gasteiger partial charge in [-0.1, -0.05) is 41.4 Å². The lowest BCUT2D eigenvalue weighted by Crippen LogP contribution is -2.11. The van der Waals surface area contributed by atoms with Crippen LogP contribution in [0.15, 0.2) is 42.5 Å². The van der Waals surface area contributed by atoms with E-state index in [0.29, 0.717) is 10.0 Å². The van der Waals surface area contributed by atoms with Gasteiger partial charge in [0.25, 0.3) is 0 Å². The number of benzene rings is 2. The summed E-state index contributed by atoms with van der Waals surface area (Å²) in [5.41, 5.74) is 1.95. The molecule has 21 heavy (non-hydrogen) atoms. The predicted octanol–water partition coefficient (Wildman–Crippen LogP) is 5.95. The maximum absolute atomic E-state index is 6.26. The molecule has 112 valence electrons. The minimum atomic E-state index is 0.0479. The highest BCUT2D eigenvalue weighted by atomic mass is 35.5. The van der Waals surface area contributed by atoms with E-state index in [9.17, 15) is 0 Å². The van der Waals surface area contributed by atoms with Gasteiger partial charge in [-0.15, -0.1) is 0 Å². The lowest BCUT2D eigenvalue weighted by Gasteiger charge is -2.20. The predicted molar refractivity (Wildman–Crippen MR) is 90.7 cm³/mol. The molecule has 0 heterocycles. The molecule has 0 aromatic heterocycles. The Bertz CT molecular complexity index is 613. The van der Waals surface area contributed by atoms with Crippen molar-refractivity contribution in [2.45, 2.75) is 32.9 Å². The summed E-state index contributed by atoms with van der Waals surface area (Å²) >= 11 is 12.2. The van der Waals surface area contributed by atoms with Gasteiger partial charge >= 0.3 is 0 Å². The fourth-order valence-corrected chi connectivity index (χ4v) is 2.68. The van der Waals surface area contributed by atoms with E-state index in [4.69, 9.17) is 27.9 Å². The average molecular weight is 324 g/mol. The highest BCUT2D eigenvalue weighted by Crippen LogP contribution is 2.32. The van der Waals surface area contributed by atoms with Crippen LogP contribution in [0.1, 0.15) is 32.4 Å². The molecule has 0 aliphatic carbocycles. The van der Waals surface area contributed by atoms with Crippen LogP contribution >= 0.6 is 23.2 Å². The van der Waals surface area contributed by atoms with Crippen LogP contribution in [0.25, 0.3) is 0 Å². The lowest BCUT2D eigenvalue weighted by molar-refractivity contribution is 0.243. The number of rotatable bonds is 5. The lowest BCUT2D eigenvalue weighted by atomic mass is 10.1. The van der Waals surface area contributed by atoms with Gasteiger partial charge in [0.05, 0.1) is 17.8 Å². The smallest absolute Gasteiger partial charge is 0.142 e. The van der Waals surface area contributed by atoms with Gasteiger partial charge in [-0.25, -0.2) is 0 Å². The second kappa shape index (κ2) is 7.06. The summed E-state index contributed by atoms with van der Waals surface area (Å²) in [4.78, 5) is 0. The third kappa shape index (κ3) is 4.29. The highest BCUT2D eigenvalue weighted by molar-refractivity contribution is 6.35. The zero-order valence-electron chi connectivity index (χ0n) is 12.4. The zero-order chi connectivity index (χ0) is 15.4. The average Bonchev–Trinajstić information content (AvgIpc) is 2.40. The molecule has 0 radical (unpaired) electrons. The molecule has 1 N–H and O–H groups in total. The number of anilines is 1. The van der Waals surface area contributed by atoms with Crippen LogP contribution in [-0.2, 0) is 0 Å². The van der Waals surface area contributed by atoms with Crippen molar-refractivity contribution in [3.8, 4) is 5.75 Å². The van der Waals surface area contributed by atoms with E-state index in [2.05, 4.69) is 12.2 Å². The van der Waals surface area contributed by atoms with Crippen LogP contribution in [0.4, 0.5) is 5.69 Å². The molecule has 1 atom stereocenters. The molecule has 0 bridgehead atoms. The van der Waals surface area contributed by atoms with Crippen LogP contribution in [0, 0.1) is 0 Å². The van der Waals surface area contributed by atoms with Crippen molar-refractivity contribution in [2.24, 2.45) is 0 Å². The van der Waals surface area contributed by atoms with Crippen LogP contribution in [0.3, 0.4) is 0 Å². The Morgan fingerprint density at radius 2 is 1.71 bits per heavy atom. The van der Waals surface area contributed by atoms with Crippen LogP contribution < -0.4 is 10.1 Å². The molecule has 2 aromatic rings. The second-order valence-electron chi connectivity index (χ2n) is 5.19. The molecule has 0 saturated carbocycles. The largest absolute Gasteiger partial charge is 0.489 e. The molecule has 0 amide bonds. The molecule has 2 aromatic carbocycles. The first-order valence-corrected chi connectivity index (χ1v) is 7.70. The number of nitrogens with one attached hydrogen (secondary N) is 1. The summed E-state index contributed by atoms with van der Waals surface area (Å²) in [6, 6.07) is 13.5. The number of para-hydroxylation sites is 2. The normalized spacial score (nSPS) is 12.3. The zero-order valence-corrected chi connectivity index (χ0v) is 13.9. The van der Waals surface area contributed by atoms with E-state index in [1.165, 1.54) is 0 Å². The molecule has 4 heteroatoms. The fourth-order valence-electron chi connectivity index (χ4n) is 2.11. The Morgan fingerprint density at radius 3 is 2.38 bits per heavy atom. The maximum atomic E-state index is 6.26. The minimum Gasteiger partial charge on any atom is -0.489 e. The van der Waals surface area contributed by atoms with Crippen molar-refractivity contribution in [1.29, 1.82) is 0 Å².